The Morgan fingerprint density at radius 2 is 2.00 bits per heavy atom. The summed E-state index contributed by atoms with van der Waals surface area (Å²) in [6.07, 6.45) is 6.80. The first kappa shape index (κ1) is 26.2. The number of anilines is 2. The van der Waals surface area contributed by atoms with E-state index < -0.39 is 20.7 Å². The van der Waals surface area contributed by atoms with Gasteiger partial charge < -0.3 is 20.5 Å². The van der Waals surface area contributed by atoms with E-state index in [1.54, 1.807) is 23.6 Å². The lowest BCUT2D eigenvalue weighted by Crippen LogP contribution is -2.41. The Hall–Kier alpha value is -2.86. The van der Waals surface area contributed by atoms with Crippen molar-refractivity contribution in [2.45, 2.75) is 36.4 Å². The Morgan fingerprint density at radius 1 is 1.22 bits per heavy atom. The molecule has 12 heteroatoms. The monoisotopic (exact) mass is 552 g/mol. The molecule has 1 aliphatic rings. The highest BCUT2D eigenvalue weighted by molar-refractivity contribution is 7.93. The number of hydrogen-bond donors (Lipinski definition) is 2. The van der Waals surface area contributed by atoms with Crippen molar-refractivity contribution in [3.05, 3.63) is 70.5 Å². The van der Waals surface area contributed by atoms with Gasteiger partial charge in [-0.05, 0) is 37.1 Å². The van der Waals surface area contributed by atoms with Gasteiger partial charge in [-0.15, -0.1) is 11.3 Å². The molecule has 0 bridgehead atoms. The van der Waals surface area contributed by atoms with Crippen molar-refractivity contribution < 1.29 is 22.3 Å². The summed E-state index contributed by atoms with van der Waals surface area (Å²) < 4.78 is 54.6. The molecular weight excluding hydrogens is 527 g/mol. The SMILES string of the molecule is COc1ccc(CN(c2nccs2)S(=O)(=O)c2cc(Cl)c(NC3CC=CCC3N)cc2F)c(OC)c1. The van der Waals surface area contributed by atoms with Gasteiger partial charge in [-0.1, -0.05) is 23.8 Å². The lowest BCUT2D eigenvalue weighted by molar-refractivity contribution is 0.391. The zero-order valence-corrected chi connectivity index (χ0v) is 22.0. The van der Waals surface area contributed by atoms with Crippen molar-refractivity contribution >= 4 is 43.8 Å². The van der Waals surface area contributed by atoms with E-state index in [1.807, 2.05) is 12.2 Å². The van der Waals surface area contributed by atoms with Crippen molar-refractivity contribution in [3.63, 3.8) is 0 Å². The maximum absolute atomic E-state index is 15.4. The number of nitrogens with zero attached hydrogens (tertiary/aromatic N) is 2. The molecule has 2 unspecified atom stereocenters. The summed E-state index contributed by atoms with van der Waals surface area (Å²) in [5, 5.41) is 5.03. The van der Waals surface area contributed by atoms with Gasteiger partial charge in [-0.25, -0.2) is 22.1 Å². The van der Waals surface area contributed by atoms with Crippen LogP contribution in [0.3, 0.4) is 0 Å². The number of aromatic nitrogens is 1. The van der Waals surface area contributed by atoms with Crippen LogP contribution in [-0.2, 0) is 16.6 Å². The van der Waals surface area contributed by atoms with Crippen LogP contribution in [0.4, 0.5) is 15.2 Å². The summed E-state index contributed by atoms with van der Waals surface area (Å²) in [7, 11) is -1.42. The van der Waals surface area contributed by atoms with Gasteiger partial charge in [0, 0.05) is 35.3 Å². The van der Waals surface area contributed by atoms with E-state index in [0.717, 1.165) is 27.8 Å². The lowest BCUT2D eigenvalue weighted by atomic mass is 9.96. The molecule has 0 spiro atoms. The molecule has 1 aromatic heterocycles. The molecule has 0 saturated heterocycles. The molecule has 1 aliphatic carbocycles. The summed E-state index contributed by atoms with van der Waals surface area (Å²) in [6, 6.07) is 6.91. The van der Waals surface area contributed by atoms with Crippen molar-refractivity contribution in [2.24, 2.45) is 5.73 Å². The summed E-state index contributed by atoms with van der Waals surface area (Å²) >= 11 is 7.54. The Balaban J connectivity index is 1.70. The number of thiazole rings is 1. The number of ether oxygens (including phenoxy) is 2. The average Bonchev–Trinajstić information content (AvgIpc) is 3.40. The van der Waals surface area contributed by atoms with E-state index in [9.17, 15) is 8.42 Å². The van der Waals surface area contributed by atoms with Crippen LogP contribution >= 0.6 is 22.9 Å². The minimum Gasteiger partial charge on any atom is -0.497 e. The molecule has 192 valence electrons. The number of benzene rings is 2. The van der Waals surface area contributed by atoms with Gasteiger partial charge >= 0.3 is 0 Å². The van der Waals surface area contributed by atoms with Gasteiger partial charge in [0.1, 0.15) is 22.2 Å². The molecule has 3 N–H and O–H groups in total. The predicted octanol–water partition coefficient (Wildman–Crippen LogP) is 4.81. The van der Waals surface area contributed by atoms with Gasteiger partial charge in [0.25, 0.3) is 10.0 Å². The quantitative estimate of drug-likeness (QED) is 0.367. The molecule has 1 heterocycles. The maximum atomic E-state index is 15.4. The molecule has 3 aromatic rings. The van der Waals surface area contributed by atoms with Gasteiger partial charge in [-0.3, -0.25) is 0 Å². The van der Waals surface area contributed by atoms with Crippen LogP contribution in [0.15, 0.2) is 59.0 Å². The molecule has 0 radical (unpaired) electrons. The first-order chi connectivity index (χ1) is 17.2. The third-order valence-electron chi connectivity index (χ3n) is 5.85. The predicted molar refractivity (Wildman–Crippen MR) is 140 cm³/mol. The standard InChI is InChI=1S/C24H26ClFN4O4S2/c1-33-16-8-7-15(22(11-16)34-2)14-30(24-28-9-10-35-24)36(31,32)23-12-17(25)21(13-18(23)26)29-20-6-4-3-5-19(20)27/h3-4,7-13,19-20,29H,5-6,14,27H2,1-2H3. The number of sulfonamides is 1. The number of nitrogens with two attached hydrogens (primary N) is 1. The third kappa shape index (κ3) is 5.44. The van der Waals surface area contributed by atoms with Crippen LogP contribution in [0, 0.1) is 5.82 Å². The highest BCUT2D eigenvalue weighted by Gasteiger charge is 2.32. The zero-order chi connectivity index (χ0) is 25.9. The maximum Gasteiger partial charge on any atom is 0.269 e. The van der Waals surface area contributed by atoms with Crippen LogP contribution in [-0.4, -0.2) is 39.7 Å². The molecular formula is C24H26ClFN4O4S2. The second-order valence-electron chi connectivity index (χ2n) is 8.12. The van der Waals surface area contributed by atoms with Crippen molar-refractivity contribution in [1.29, 1.82) is 0 Å². The van der Waals surface area contributed by atoms with E-state index in [2.05, 4.69) is 10.3 Å². The molecule has 0 saturated carbocycles. The Bertz CT molecular complexity index is 1350. The van der Waals surface area contributed by atoms with Crippen LogP contribution in [0.2, 0.25) is 5.02 Å². The fraction of sp³-hybridized carbons (Fsp3) is 0.292. The van der Waals surface area contributed by atoms with Gasteiger partial charge in [0.15, 0.2) is 5.13 Å². The Labute approximate surface area is 218 Å². The molecule has 0 amide bonds. The van der Waals surface area contributed by atoms with Crippen LogP contribution in [0.25, 0.3) is 0 Å². The lowest BCUT2D eigenvalue weighted by Gasteiger charge is -2.28. The summed E-state index contributed by atoms with van der Waals surface area (Å²) in [5.41, 5.74) is 6.97. The zero-order valence-electron chi connectivity index (χ0n) is 19.6. The number of nitrogens with one attached hydrogen (secondary N) is 1. The summed E-state index contributed by atoms with van der Waals surface area (Å²) in [4.78, 5) is 3.60. The Morgan fingerprint density at radius 3 is 2.67 bits per heavy atom. The second kappa shape index (κ2) is 11.0. The molecule has 2 atom stereocenters. The number of rotatable bonds is 9. The average molecular weight is 553 g/mol. The van der Waals surface area contributed by atoms with E-state index in [0.29, 0.717) is 29.9 Å². The normalized spacial score (nSPS) is 17.6. The van der Waals surface area contributed by atoms with Gasteiger partial charge in [0.05, 0.1) is 31.5 Å². The first-order valence-electron chi connectivity index (χ1n) is 11.0. The fourth-order valence-electron chi connectivity index (χ4n) is 3.89. The smallest absolute Gasteiger partial charge is 0.269 e. The fourth-order valence-corrected chi connectivity index (χ4v) is 6.51. The van der Waals surface area contributed by atoms with Crippen molar-refractivity contribution in [3.8, 4) is 11.5 Å². The van der Waals surface area contributed by atoms with E-state index in [4.69, 9.17) is 26.8 Å². The van der Waals surface area contributed by atoms with Gasteiger partial charge in [-0.2, -0.15) is 0 Å². The van der Waals surface area contributed by atoms with E-state index in [1.165, 1.54) is 20.4 Å². The number of halogens is 2. The van der Waals surface area contributed by atoms with Crippen LogP contribution < -0.4 is 24.8 Å². The minimum absolute atomic E-state index is 0.0674. The van der Waals surface area contributed by atoms with Crippen LogP contribution in [0.5, 0.6) is 11.5 Å². The number of hydrogen-bond acceptors (Lipinski definition) is 8. The minimum atomic E-state index is -4.41. The van der Waals surface area contributed by atoms with Crippen molar-refractivity contribution in [1.82, 2.24) is 4.98 Å². The van der Waals surface area contributed by atoms with E-state index >= 15 is 4.39 Å². The largest absolute Gasteiger partial charge is 0.497 e. The van der Waals surface area contributed by atoms with Gasteiger partial charge in [0.2, 0.25) is 0 Å². The van der Waals surface area contributed by atoms with Crippen LogP contribution in [0.1, 0.15) is 18.4 Å². The summed E-state index contributed by atoms with van der Waals surface area (Å²) in [6.45, 7) is -0.149. The number of methoxy groups -OCH3 is 2. The Kier molecular flexibility index (Phi) is 8.04. The molecule has 0 aliphatic heterocycles. The highest BCUT2D eigenvalue weighted by Crippen LogP contribution is 2.35. The molecule has 2 aromatic carbocycles. The summed E-state index contributed by atoms with van der Waals surface area (Å²) in [5.74, 6) is 0.0282. The molecule has 36 heavy (non-hydrogen) atoms. The van der Waals surface area contributed by atoms with Crippen molar-refractivity contribution in [2.75, 3.05) is 23.8 Å². The first-order valence-corrected chi connectivity index (χ1v) is 13.7. The van der Waals surface area contributed by atoms with E-state index in [-0.39, 0.29) is 34.5 Å². The second-order valence-corrected chi connectivity index (χ2v) is 11.2. The molecule has 0 fully saturated rings. The topological polar surface area (TPSA) is 107 Å². The molecule has 4 rings (SSSR count). The highest BCUT2D eigenvalue weighted by atomic mass is 35.5. The molecule has 8 nitrogen and oxygen atoms in total. The third-order valence-corrected chi connectivity index (χ3v) is 8.83.